The molecule has 0 saturated carbocycles. The van der Waals surface area contributed by atoms with E-state index in [-0.39, 0.29) is 11.9 Å². The van der Waals surface area contributed by atoms with Gasteiger partial charge in [0.15, 0.2) is 0 Å². The van der Waals surface area contributed by atoms with E-state index in [0.29, 0.717) is 12.2 Å². The zero-order valence-electron chi connectivity index (χ0n) is 11.1. The van der Waals surface area contributed by atoms with Crippen molar-refractivity contribution in [3.63, 3.8) is 0 Å². The van der Waals surface area contributed by atoms with Crippen molar-refractivity contribution in [3.8, 4) is 0 Å². The van der Waals surface area contributed by atoms with Gasteiger partial charge in [-0.25, -0.2) is 4.39 Å². The molecule has 4 heteroatoms. The van der Waals surface area contributed by atoms with Crippen LogP contribution >= 0.6 is 0 Å². The molecule has 0 amide bonds. The van der Waals surface area contributed by atoms with Crippen LogP contribution in [0.2, 0.25) is 0 Å². The zero-order chi connectivity index (χ0) is 13.0. The SMILES string of the molecule is CNCc1ccc(F)c(COC2CCN(C)C2)c1. The number of halogens is 1. The normalized spacial score (nSPS) is 20.5. The average molecular weight is 252 g/mol. The van der Waals surface area contributed by atoms with Gasteiger partial charge in [-0.05, 0) is 38.2 Å². The Bertz CT molecular complexity index is 397. The van der Waals surface area contributed by atoms with Crippen molar-refractivity contribution in [2.24, 2.45) is 0 Å². The van der Waals surface area contributed by atoms with Gasteiger partial charge in [0, 0.05) is 25.2 Å². The van der Waals surface area contributed by atoms with Crippen LogP contribution in [-0.4, -0.2) is 38.2 Å². The fourth-order valence-electron chi connectivity index (χ4n) is 2.29. The third-order valence-corrected chi connectivity index (χ3v) is 3.31. The lowest BCUT2D eigenvalue weighted by Gasteiger charge is -2.13. The highest BCUT2D eigenvalue weighted by Crippen LogP contribution is 2.16. The molecule has 1 saturated heterocycles. The zero-order valence-corrected chi connectivity index (χ0v) is 11.1. The van der Waals surface area contributed by atoms with Crippen molar-refractivity contribution in [1.29, 1.82) is 0 Å². The highest BCUT2D eigenvalue weighted by Gasteiger charge is 2.20. The van der Waals surface area contributed by atoms with Gasteiger partial charge in [-0.15, -0.1) is 0 Å². The maximum Gasteiger partial charge on any atom is 0.128 e. The summed E-state index contributed by atoms with van der Waals surface area (Å²) in [4.78, 5) is 2.23. The number of nitrogens with zero attached hydrogens (tertiary/aromatic N) is 1. The van der Waals surface area contributed by atoms with E-state index in [1.807, 2.05) is 13.1 Å². The Morgan fingerprint density at radius 1 is 1.50 bits per heavy atom. The molecule has 1 aromatic rings. The van der Waals surface area contributed by atoms with Crippen molar-refractivity contribution in [2.75, 3.05) is 27.2 Å². The van der Waals surface area contributed by atoms with Crippen LogP contribution in [0.5, 0.6) is 0 Å². The highest BCUT2D eigenvalue weighted by molar-refractivity contribution is 5.24. The van der Waals surface area contributed by atoms with E-state index in [1.165, 1.54) is 6.07 Å². The van der Waals surface area contributed by atoms with Crippen molar-refractivity contribution in [1.82, 2.24) is 10.2 Å². The van der Waals surface area contributed by atoms with Crippen molar-refractivity contribution in [2.45, 2.75) is 25.7 Å². The van der Waals surface area contributed by atoms with Gasteiger partial charge >= 0.3 is 0 Å². The summed E-state index contributed by atoms with van der Waals surface area (Å²) in [7, 11) is 3.96. The van der Waals surface area contributed by atoms with E-state index in [2.05, 4.69) is 17.3 Å². The van der Waals surface area contributed by atoms with E-state index < -0.39 is 0 Å². The number of ether oxygens (including phenoxy) is 1. The summed E-state index contributed by atoms with van der Waals surface area (Å²) < 4.78 is 19.4. The molecule has 1 N–H and O–H groups in total. The van der Waals surface area contributed by atoms with Crippen LogP contribution < -0.4 is 5.32 Å². The third kappa shape index (κ3) is 3.51. The second-order valence-corrected chi connectivity index (χ2v) is 4.94. The van der Waals surface area contributed by atoms with Gasteiger partial charge in [0.25, 0.3) is 0 Å². The van der Waals surface area contributed by atoms with Crippen LogP contribution in [0, 0.1) is 5.82 Å². The summed E-state index contributed by atoms with van der Waals surface area (Å²) >= 11 is 0. The molecule has 1 atom stereocenters. The van der Waals surface area contributed by atoms with Gasteiger partial charge in [0.05, 0.1) is 12.7 Å². The average Bonchev–Trinajstić information content (AvgIpc) is 2.76. The Balaban J connectivity index is 1.93. The smallest absolute Gasteiger partial charge is 0.128 e. The summed E-state index contributed by atoms with van der Waals surface area (Å²) in [6.07, 6.45) is 1.27. The number of rotatable bonds is 5. The number of likely N-dealkylation sites (tertiary alicyclic amines) is 1. The van der Waals surface area contributed by atoms with Crippen LogP contribution in [0.1, 0.15) is 17.5 Å². The summed E-state index contributed by atoms with van der Waals surface area (Å²) in [6, 6.07) is 5.20. The highest BCUT2D eigenvalue weighted by atomic mass is 19.1. The number of nitrogens with one attached hydrogen (secondary N) is 1. The van der Waals surface area contributed by atoms with Gasteiger partial charge in [-0.1, -0.05) is 6.07 Å². The van der Waals surface area contributed by atoms with Gasteiger partial charge in [0.1, 0.15) is 5.82 Å². The van der Waals surface area contributed by atoms with Gasteiger partial charge in [-0.3, -0.25) is 0 Å². The lowest BCUT2D eigenvalue weighted by molar-refractivity contribution is 0.0467. The van der Waals surface area contributed by atoms with Crippen LogP contribution in [0.15, 0.2) is 18.2 Å². The fraction of sp³-hybridized carbons (Fsp3) is 0.571. The number of hydrogen-bond acceptors (Lipinski definition) is 3. The second kappa shape index (κ2) is 6.27. The predicted octanol–water partition coefficient (Wildman–Crippen LogP) is 1.77. The third-order valence-electron chi connectivity index (χ3n) is 3.31. The van der Waals surface area contributed by atoms with Crippen LogP contribution in [-0.2, 0) is 17.9 Å². The molecule has 1 fully saturated rings. The van der Waals surface area contributed by atoms with Crippen molar-refractivity contribution < 1.29 is 9.13 Å². The molecule has 0 aliphatic carbocycles. The van der Waals surface area contributed by atoms with E-state index in [4.69, 9.17) is 4.74 Å². The molecule has 0 aromatic heterocycles. The summed E-state index contributed by atoms with van der Waals surface area (Å²) in [6.45, 7) is 3.12. The van der Waals surface area contributed by atoms with Crippen molar-refractivity contribution in [3.05, 3.63) is 35.1 Å². The quantitative estimate of drug-likeness (QED) is 0.864. The summed E-state index contributed by atoms with van der Waals surface area (Å²) in [5.74, 6) is -0.179. The molecule has 18 heavy (non-hydrogen) atoms. The lowest BCUT2D eigenvalue weighted by Crippen LogP contribution is -2.19. The molecule has 100 valence electrons. The topological polar surface area (TPSA) is 24.5 Å². The Hall–Kier alpha value is -0.970. The molecular weight excluding hydrogens is 231 g/mol. The van der Waals surface area contributed by atoms with Crippen LogP contribution in [0.4, 0.5) is 4.39 Å². The Kier molecular flexibility index (Phi) is 4.69. The van der Waals surface area contributed by atoms with Crippen LogP contribution in [0.3, 0.4) is 0 Å². The monoisotopic (exact) mass is 252 g/mol. The Morgan fingerprint density at radius 2 is 2.33 bits per heavy atom. The van der Waals surface area contributed by atoms with E-state index in [1.54, 1.807) is 6.07 Å². The van der Waals surface area contributed by atoms with Gasteiger partial charge < -0.3 is 15.0 Å². The Morgan fingerprint density at radius 3 is 3.00 bits per heavy atom. The molecule has 1 aliphatic heterocycles. The summed E-state index contributed by atoms with van der Waals surface area (Å²) in [5.41, 5.74) is 1.73. The molecule has 2 rings (SSSR count). The van der Waals surface area contributed by atoms with Crippen molar-refractivity contribution >= 4 is 0 Å². The molecule has 1 heterocycles. The minimum absolute atomic E-state index is 0.179. The van der Waals surface area contributed by atoms with E-state index in [0.717, 1.165) is 31.6 Å². The molecule has 1 aliphatic rings. The molecule has 0 radical (unpaired) electrons. The molecule has 3 nitrogen and oxygen atoms in total. The minimum atomic E-state index is -0.179. The van der Waals surface area contributed by atoms with E-state index in [9.17, 15) is 4.39 Å². The molecular formula is C14H21FN2O. The first-order valence-corrected chi connectivity index (χ1v) is 6.41. The molecule has 1 aromatic carbocycles. The lowest BCUT2D eigenvalue weighted by atomic mass is 10.1. The fourth-order valence-corrected chi connectivity index (χ4v) is 2.29. The minimum Gasteiger partial charge on any atom is -0.372 e. The van der Waals surface area contributed by atoms with Gasteiger partial charge in [-0.2, -0.15) is 0 Å². The maximum atomic E-state index is 13.6. The van der Waals surface area contributed by atoms with Gasteiger partial charge in [0.2, 0.25) is 0 Å². The standard InChI is InChI=1S/C14H21FN2O/c1-16-8-11-3-4-14(15)12(7-11)10-18-13-5-6-17(2)9-13/h3-4,7,13,16H,5-6,8-10H2,1-2H3. The van der Waals surface area contributed by atoms with Crippen LogP contribution in [0.25, 0.3) is 0 Å². The summed E-state index contributed by atoms with van der Waals surface area (Å²) in [5, 5.41) is 3.06. The Labute approximate surface area is 108 Å². The number of benzene rings is 1. The molecule has 0 spiro atoms. The first kappa shape index (κ1) is 13.5. The predicted molar refractivity (Wildman–Crippen MR) is 69.9 cm³/mol. The van der Waals surface area contributed by atoms with E-state index >= 15 is 0 Å². The first-order valence-electron chi connectivity index (χ1n) is 6.41. The maximum absolute atomic E-state index is 13.6. The molecule has 1 unspecified atom stereocenters. The largest absolute Gasteiger partial charge is 0.372 e. The number of hydrogen-bond donors (Lipinski definition) is 1. The second-order valence-electron chi connectivity index (χ2n) is 4.94. The first-order chi connectivity index (χ1) is 8.69. The number of likely N-dealkylation sites (N-methyl/N-ethyl adjacent to an activating group) is 1. The molecule has 0 bridgehead atoms.